The lowest BCUT2D eigenvalue weighted by molar-refractivity contribution is 0.165. The zero-order valence-electron chi connectivity index (χ0n) is 13.5. The Morgan fingerprint density at radius 1 is 1.13 bits per heavy atom. The number of nitrogens with zero attached hydrogens (tertiary/aromatic N) is 1. The monoisotopic (exact) mass is 314 g/mol. The fraction of sp³-hybridized carbons (Fsp3) is 0.474. The van der Waals surface area contributed by atoms with Crippen LogP contribution in [0.2, 0.25) is 0 Å². The van der Waals surface area contributed by atoms with Gasteiger partial charge in [0.1, 0.15) is 5.76 Å². The summed E-state index contributed by atoms with van der Waals surface area (Å²) in [6.45, 7) is 3.42. The molecule has 2 aromatic rings. The molecule has 4 heteroatoms. The van der Waals surface area contributed by atoms with Crippen LogP contribution in [0.25, 0.3) is 0 Å². The largest absolute Gasteiger partial charge is 0.468 e. The van der Waals surface area contributed by atoms with Crippen molar-refractivity contribution in [3.63, 3.8) is 0 Å². The van der Waals surface area contributed by atoms with Crippen molar-refractivity contribution in [2.45, 2.75) is 31.3 Å². The van der Waals surface area contributed by atoms with Crippen molar-refractivity contribution >= 4 is 0 Å². The van der Waals surface area contributed by atoms with Crippen molar-refractivity contribution in [2.24, 2.45) is 0 Å². The van der Waals surface area contributed by atoms with E-state index in [1.54, 1.807) is 6.26 Å². The van der Waals surface area contributed by atoms with Crippen LogP contribution in [-0.4, -0.2) is 42.3 Å². The maximum absolute atomic E-state index is 9.56. The highest BCUT2D eigenvalue weighted by Gasteiger charge is 2.23. The molecule has 1 atom stereocenters. The summed E-state index contributed by atoms with van der Waals surface area (Å²) in [5.74, 6) is 0.819. The number of piperidine rings is 1. The second-order valence-electron chi connectivity index (χ2n) is 6.27. The Kier molecular flexibility index (Phi) is 5.86. The lowest BCUT2D eigenvalue weighted by Crippen LogP contribution is -2.44. The van der Waals surface area contributed by atoms with Crippen molar-refractivity contribution in [1.29, 1.82) is 0 Å². The van der Waals surface area contributed by atoms with Crippen molar-refractivity contribution in [3.8, 4) is 0 Å². The standard InChI is InChI=1S/C19H26N2O2/c22-15-18(19-7-4-14-23-19)20-17-9-12-21(13-10-17)11-8-16-5-2-1-3-6-16/h1-7,14,17-18,20,22H,8-13,15H2. The minimum atomic E-state index is -0.0918. The van der Waals surface area contributed by atoms with Crippen LogP contribution in [0.3, 0.4) is 0 Å². The highest BCUT2D eigenvalue weighted by atomic mass is 16.3. The van der Waals surface area contributed by atoms with Gasteiger partial charge in [-0.2, -0.15) is 0 Å². The third-order valence-corrected chi connectivity index (χ3v) is 4.65. The summed E-state index contributed by atoms with van der Waals surface area (Å²) in [6, 6.07) is 14.8. The summed E-state index contributed by atoms with van der Waals surface area (Å²) in [6.07, 6.45) is 5.01. The Bertz CT molecular complexity index is 548. The number of rotatable bonds is 7. The van der Waals surface area contributed by atoms with Crippen LogP contribution in [-0.2, 0) is 6.42 Å². The second-order valence-corrected chi connectivity index (χ2v) is 6.27. The zero-order valence-corrected chi connectivity index (χ0v) is 13.5. The second kappa shape index (κ2) is 8.29. The van der Waals surface area contributed by atoms with E-state index in [1.165, 1.54) is 5.56 Å². The summed E-state index contributed by atoms with van der Waals surface area (Å²) in [5.41, 5.74) is 1.41. The Morgan fingerprint density at radius 2 is 1.91 bits per heavy atom. The van der Waals surface area contributed by atoms with Crippen LogP contribution in [0.5, 0.6) is 0 Å². The summed E-state index contributed by atoms with van der Waals surface area (Å²) in [4.78, 5) is 2.53. The van der Waals surface area contributed by atoms with Gasteiger partial charge < -0.3 is 19.7 Å². The lowest BCUT2D eigenvalue weighted by atomic mass is 10.0. The van der Waals surface area contributed by atoms with Gasteiger partial charge in [0.2, 0.25) is 0 Å². The minimum absolute atomic E-state index is 0.0712. The quantitative estimate of drug-likeness (QED) is 0.825. The van der Waals surface area contributed by atoms with Gasteiger partial charge in [-0.3, -0.25) is 0 Å². The topological polar surface area (TPSA) is 48.6 Å². The Labute approximate surface area is 138 Å². The smallest absolute Gasteiger partial charge is 0.123 e. The molecular formula is C19H26N2O2. The molecule has 1 aliphatic rings. The number of nitrogens with one attached hydrogen (secondary N) is 1. The van der Waals surface area contributed by atoms with Gasteiger partial charge in [-0.25, -0.2) is 0 Å². The number of hydrogen-bond acceptors (Lipinski definition) is 4. The first kappa shape index (κ1) is 16.2. The lowest BCUT2D eigenvalue weighted by Gasteiger charge is -2.34. The molecule has 1 saturated heterocycles. The van der Waals surface area contributed by atoms with Crippen molar-refractivity contribution < 1.29 is 9.52 Å². The van der Waals surface area contributed by atoms with Crippen LogP contribution in [0.4, 0.5) is 0 Å². The Hall–Kier alpha value is -1.62. The molecule has 1 aromatic carbocycles. The van der Waals surface area contributed by atoms with Crippen LogP contribution in [0.1, 0.15) is 30.2 Å². The van der Waals surface area contributed by atoms with Gasteiger partial charge in [0.15, 0.2) is 0 Å². The van der Waals surface area contributed by atoms with Crippen molar-refractivity contribution in [1.82, 2.24) is 10.2 Å². The summed E-state index contributed by atoms with van der Waals surface area (Å²) >= 11 is 0. The highest BCUT2D eigenvalue weighted by Crippen LogP contribution is 2.18. The summed E-state index contributed by atoms with van der Waals surface area (Å²) < 4.78 is 5.40. The maximum atomic E-state index is 9.56. The van der Waals surface area contributed by atoms with Crippen LogP contribution in [0.15, 0.2) is 53.1 Å². The molecule has 0 bridgehead atoms. The number of likely N-dealkylation sites (tertiary alicyclic amines) is 1. The Morgan fingerprint density at radius 3 is 2.57 bits per heavy atom. The number of aliphatic hydroxyl groups is 1. The van der Waals surface area contributed by atoms with Gasteiger partial charge in [-0.1, -0.05) is 30.3 Å². The third kappa shape index (κ3) is 4.67. The molecule has 2 heterocycles. The minimum Gasteiger partial charge on any atom is -0.468 e. The molecule has 0 aliphatic carbocycles. The molecule has 124 valence electrons. The molecule has 1 aliphatic heterocycles. The van der Waals surface area contributed by atoms with E-state index in [4.69, 9.17) is 4.42 Å². The van der Waals surface area contributed by atoms with Crippen LogP contribution in [0, 0.1) is 0 Å². The van der Waals surface area contributed by atoms with E-state index in [2.05, 4.69) is 40.5 Å². The molecule has 0 spiro atoms. The summed E-state index contributed by atoms with van der Waals surface area (Å²) in [5, 5.41) is 13.1. The fourth-order valence-electron chi connectivity index (χ4n) is 3.25. The van der Waals surface area contributed by atoms with Crippen LogP contribution < -0.4 is 5.32 Å². The average Bonchev–Trinajstić information content (AvgIpc) is 3.14. The zero-order chi connectivity index (χ0) is 15.9. The van der Waals surface area contributed by atoms with Crippen molar-refractivity contribution in [3.05, 3.63) is 60.1 Å². The van der Waals surface area contributed by atoms with Crippen molar-refractivity contribution in [2.75, 3.05) is 26.2 Å². The van der Waals surface area contributed by atoms with Gasteiger partial charge in [0.25, 0.3) is 0 Å². The number of benzene rings is 1. The predicted molar refractivity (Wildman–Crippen MR) is 91.3 cm³/mol. The van der Waals surface area contributed by atoms with Gasteiger partial charge in [0.05, 0.1) is 18.9 Å². The number of furan rings is 1. The van der Waals surface area contributed by atoms with E-state index >= 15 is 0 Å². The molecule has 3 rings (SSSR count). The molecular weight excluding hydrogens is 288 g/mol. The summed E-state index contributed by atoms with van der Waals surface area (Å²) in [7, 11) is 0. The van der Waals surface area contributed by atoms with E-state index < -0.39 is 0 Å². The van der Waals surface area contributed by atoms with E-state index in [0.29, 0.717) is 6.04 Å². The normalized spacial score (nSPS) is 18.1. The van der Waals surface area contributed by atoms with E-state index in [0.717, 1.165) is 44.7 Å². The van der Waals surface area contributed by atoms with Gasteiger partial charge in [0, 0.05) is 12.6 Å². The molecule has 2 N–H and O–H groups in total. The van der Waals surface area contributed by atoms with E-state index in [1.807, 2.05) is 12.1 Å². The SMILES string of the molecule is OCC(NC1CCN(CCc2ccccc2)CC1)c1ccco1. The van der Waals surface area contributed by atoms with Gasteiger partial charge >= 0.3 is 0 Å². The first-order valence-corrected chi connectivity index (χ1v) is 8.52. The molecule has 23 heavy (non-hydrogen) atoms. The molecule has 1 fully saturated rings. The maximum Gasteiger partial charge on any atom is 0.123 e. The molecule has 0 radical (unpaired) electrons. The Balaban J connectivity index is 1.41. The van der Waals surface area contributed by atoms with E-state index in [-0.39, 0.29) is 12.6 Å². The average molecular weight is 314 g/mol. The predicted octanol–water partition coefficient (Wildman–Crippen LogP) is 2.61. The molecule has 0 amide bonds. The third-order valence-electron chi connectivity index (χ3n) is 4.65. The number of aliphatic hydroxyl groups excluding tert-OH is 1. The molecule has 1 unspecified atom stereocenters. The number of hydrogen-bond donors (Lipinski definition) is 2. The molecule has 4 nitrogen and oxygen atoms in total. The van der Waals surface area contributed by atoms with Gasteiger partial charge in [-0.05, 0) is 50.0 Å². The fourth-order valence-corrected chi connectivity index (χ4v) is 3.25. The molecule has 1 aromatic heterocycles. The van der Waals surface area contributed by atoms with Crippen LogP contribution >= 0.6 is 0 Å². The first-order valence-electron chi connectivity index (χ1n) is 8.52. The molecule has 0 saturated carbocycles. The highest BCUT2D eigenvalue weighted by molar-refractivity contribution is 5.14. The van der Waals surface area contributed by atoms with Gasteiger partial charge in [-0.15, -0.1) is 0 Å². The first-order chi connectivity index (χ1) is 11.3. The van der Waals surface area contributed by atoms with E-state index in [9.17, 15) is 5.11 Å².